The molecule has 10 heteroatoms. The van der Waals surface area contributed by atoms with E-state index in [1.165, 1.54) is 27.9 Å². The Morgan fingerprint density at radius 2 is 2.00 bits per heavy atom. The molecule has 154 valence electrons. The van der Waals surface area contributed by atoms with Crippen LogP contribution in [0.15, 0.2) is 41.5 Å². The maximum absolute atomic E-state index is 15.2. The predicted octanol–water partition coefficient (Wildman–Crippen LogP) is 3.65. The lowest BCUT2D eigenvalue weighted by atomic mass is 10.2. The van der Waals surface area contributed by atoms with Crippen LogP contribution in [0.25, 0.3) is 10.9 Å². The largest absolute Gasteiger partial charge is 0.341 e. The summed E-state index contributed by atoms with van der Waals surface area (Å²) in [5, 5.41) is 0.471. The van der Waals surface area contributed by atoms with Crippen molar-refractivity contribution in [2.24, 2.45) is 7.05 Å². The Kier molecular flexibility index (Phi) is 5.81. The Labute approximate surface area is 172 Å². The molecule has 0 amide bonds. The number of halogens is 2. The minimum atomic E-state index is -3.67. The second-order valence-electron chi connectivity index (χ2n) is 6.60. The van der Waals surface area contributed by atoms with E-state index in [-0.39, 0.29) is 27.7 Å². The molecule has 0 unspecified atom stereocenters. The van der Waals surface area contributed by atoms with Crippen molar-refractivity contribution in [3.8, 4) is 0 Å². The van der Waals surface area contributed by atoms with Crippen LogP contribution in [0, 0.1) is 5.82 Å². The summed E-state index contributed by atoms with van der Waals surface area (Å²) >= 11 is 6.22. The quantitative estimate of drug-likeness (QED) is 0.635. The van der Waals surface area contributed by atoms with Crippen LogP contribution in [0.1, 0.15) is 13.3 Å². The summed E-state index contributed by atoms with van der Waals surface area (Å²) in [6, 6.07) is 7.62. The molecule has 0 saturated heterocycles. The van der Waals surface area contributed by atoms with Gasteiger partial charge in [-0.3, -0.25) is 9.52 Å². The molecule has 3 rings (SSSR count). The SMILES string of the molecule is CCCS(=O)(=O)Nc1ccc(Cl)c(N(C)c2ccc3ncn(C)c(=O)c3c2)c1F. The minimum Gasteiger partial charge on any atom is -0.341 e. The van der Waals surface area contributed by atoms with Crippen LogP contribution >= 0.6 is 11.6 Å². The van der Waals surface area contributed by atoms with E-state index in [9.17, 15) is 13.2 Å². The minimum absolute atomic E-state index is 0.0107. The van der Waals surface area contributed by atoms with Gasteiger partial charge in [0, 0.05) is 19.8 Å². The average Bonchev–Trinajstić information content (AvgIpc) is 2.67. The van der Waals surface area contributed by atoms with E-state index in [1.54, 1.807) is 39.2 Å². The molecule has 2 aromatic carbocycles. The molecule has 0 aliphatic carbocycles. The topological polar surface area (TPSA) is 84.3 Å². The predicted molar refractivity (Wildman–Crippen MR) is 114 cm³/mol. The van der Waals surface area contributed by atoms with Crippen molar-refractivity contribution in [1.82, 2.24) is 9.55 Å². The first kappa shape index (κ1) is 21.1. The van der Waals surface area contributed by atoms with Crippen molar-refractivity contribution in [2.75, 3.05) is 22.4 Å². The van der Waals surface area contributed by atoms with Gasteiger partial charge in [0.1, 0.15) is 0 Å². The Morgan fingerprint density at radius 3 is 2.69 bits per heavy atom. The average molecular weight is 439 g/mol. The van der Waals surface area contributed by atoms with Gasteiger partial charge < -0.3 is 9.47 Å². The second kappa shape index (κ2) is 8.00. The molecule has 0 atom stereocenters. The molecule has 7 nitrogen and oxygen atoms in total. The third-order valence-electron chi connectivity index (χ3n) is 4.43. The van der Waals surface area contributed by atoms with E-state index < -0.39 is 15.8 Å². The van der Waals surface area contributed by atoms with Crippen LogP contribution in [0.2, 0.25) is 5.02 Å². The molecule has 0 fully saturated rings. The number of aromatic nitrogens is 2. The molecule has 1 aromatic heterocycles. The van der Waals surface area contributed by atoms with E-state index in [4.69, 9.17) is 11.6 Å². The van der Waals surface area contributed by atoms with Gasteiger partial charge in [0.05, 0.1) is 39.4 Å². The summed E-state index contributed by atoms with van der Waals surface area (Å²) < 4.78 is 42.8. The number of nitrogens with one attached hydrogen (secondary N) is 1. The van der Waals surface area contributed by atoms with Gasteiger partial charge in [0.15, 0.2) is 5.82 Å². The number of sulfonamides is 1. The number of aryl methyl sites for hydroxylation is 1. The highest BCUT2D eigenvalue weighted by Gasteiger charge is 2.21. The van der Waals surface area contributed by atoms with E-state index in [0.29, 0.717) is 23.0 Å². The molecule has 0 bridgehead atoms. The van der Waals surface area contributed by atoms with E-state index in [0.717, 1.165) is 0 Å². The zero-order valence-electron chi connectivity index (χ0n) is 16.1. The monoisotopic (exact) mass is 438 g/mol. The van der Waals surface area contributed by atoms with Crippen molar-refractivity contribution in [3.63, 3.8) is 0 Å². The van der Waals surface area contributed by atoms with Crippen molar-refractivity contribution < 1.29 is 12.8 Å². The molecule has 1 heterocycles. The van der Waals surface area contributed by atoms with E-state index in [2.05, 4.69) is 9.71 Å². The molecule has 0 saturated carbocycles. The molecule has 0 radical (unpaired) electrons. The maximum Gasteiger partial charge on any atom is 0.260 e. The van der Waals surface area contributed by atoms with Crippen molar-refractivity contribution in [1.29, 1.82) is 0 Å². The fraction of sp³-hybridized carbons (Fsp3) is 0.263. The molecule has 0 aliphatic rings. The maximum atomic E-state index is 15.2. The molecular weight excluding hydrogens is 419 g/mol. The first-order valence-electron chi connectivity index (χ1n) is 8.82. The zero-order valence-corrected chi connectivity index (χ0v) is 17.7. The lowest BCUT2D eigenvalue weighted by Gasteiger charge is -2.23. The number of rotatable bonds is 6. The van der Waals surface area contributed by atoms with Gasteiger partial charge in [-0.1, -0.05) is 18.5 Å². The first-order valence-corrected chi connectivity index (χ1v) is 10.8. The van der Waals surface area contributed by atoms with Crippen molar-refractivity contribution in [3.05, 3.63) is 57.9 Å². The molecular formula is C19H20ClFN4O3S. The smallest absolute Gasteiger partial charge is 0.260 e. The van der Waals surface area contributed by atoms with Crippen LogP contribution in [0.5, 0.6) is 0 Å². The van der Waals surface area contributed by atoms with Gasteiger partial charge in [0.2, 0.25) is 10.0 Å². The van der Waals surface area contributed by atoms with E-state index >= 15 is 4.39 Å². The van der Waals surface area contributed by atoms with Gasteiger partial charge in [-0.15, -0.1) is 0 Å². The summed E-state index contributed by atoms with van der Waals surface area (Å²) in [5.41, 5.74) is 0.569. The molecule has 3 aromatic rings. The standard InChI is InChI=1S/C19H20ClFN4O3S/c1-4-9-29(27,28)23-16-8-6-14(20)18(17(16)21)25(3)12-5-7-15-13(10-12)19(26)24(2)11-22-15/h5-8,10-11,23H,4,9H2,1-3H3. The van der Waals surface area contributed by atoms with Gasteiger partial charge >= 0.3 is 0 Å². The van der Waals surface area contributed by atoms with Crippen molar-refractivity contribution in [2.45, 2.75) is 13.3 Å². The van der Waals surface area contributed by atoms with Crippen molar-refractivity contribution >= 4 is 49.6 Å². The number of nitrogens with zero attached hydrogens (tertiary/aromatic N) is 3. The fourth-order valence-electron chi connectivity index (χ4n) is 2.95. The number of hydrogen-bond acceptors (Lipinski definition) is 5. The Hall–Kier alpha value is -2.65. The van der Waals surface area contributed by atoms with Crippen LogP contribution < -0.4 is 15.2 Å². The number of fused-ring (bicyclic) bond motifs is 1. The third kappa shape index (κ3) is 4.20. The summed E-state index contributed by atoms with van der Waals surface area (Å²) in [5.74, 6) is -0.930. The fourth-order valence-corrected chi connectivity index (χ4v) is 4.36. The summed E-state index contributed by atoms with van der Waals surface area (Å²) in [6.07, 6.45) is 1.83. The van der Waals surface area contributed by atoms with Crippen LogP contribution in [0.3, 0.4) is 0 Å². The number of benzene rings is 2. The molecule has 0 aliphatic heterocycles. The normalized spacial score (nSPS) is 11.6. The molecule has 1 N–H and O–H groups in total. The summed E-state index contributed by atoms with van der Waals surface area (Å²) in [4.78, 5) is 18.0. The summed E-state index contributed by atoms with van der Waals surface area (Å²) in [6.45, 7) is 1.72. The van der Waals surface area contributed by atoms with Crippen LogP contribution in [0.4, 0.5) is 21.5 Å². The van der Waals surface area contributed by atoms with Crippen LogP contribution in [-0.2, 0) is 17.1 Å². The Balaban J connectivity index is 2.08. The Morgan fingerprint density at radius 1 is 1.28 bits per heavy atom. The lowest BCUT2D eigenvalue weighted by Crippen LogP contribution is -2.19. The zero-order chi connectivity index (χ0) is 21.3. The van der Waals surface area contributed by atoms with Gasteiger partial charge in [-0.2, -0.15) is 0 Å². The Bertz CT molecular complexity index is 1240. The lowest BCUT2D eigenvalue weighted by molar-refractivity contribution is 0.597. The van der Waals surface area contributed by atoms with Gasteiger partial charge in [0.25, 0.3) is 5.56 Å². The highest BCUT2D eigenvalue weighted by Crippen LogP contribution is 2.37. The molecule has 0 spiro atoms. The first-order chi connectivity index (χ1) is 13.6. The van der Waals surface area contributed by atoms with Gasteiger partial charge in [-0.25, -0.2) is 17.8 Å². The number of hydrogen-bond donors (Lipinski definition) is 1. The molecule has 29 heavy (non-hydrogen) atoms. The highest BCUT2D eigenvalue weighted by molar-refractivity contribution is 7.92. The highest BCUT2D eigenvalue weighted by atomic mass is 35.5. The van der Waals surface area contributed by atoms with E-state index in [1.807, 2.05) is 0 Å². The summed E-state index contributed by atoms with van der Waals surface area (Å²) in [7, 11) is -0.499. The third-order valence-corrected chi connectivity index (χ3v) is 6.21. The van der Waals surface area contributed by atoms with Gasteiger partial charge in [-0.05, 0) is 36.8 Å². The second-order valence-corrected chi connectivity index (χ2v) is 8.85. The number of anilines is 3. The van der Waals surface area contributed by atoms with Crippen LogP contribution in [-0.4, -0.2) is 30.8 Å².